The van der Waals surface area contributed by atoms with Gasteiger partial charge in [0.1, 0.15) is 0 Å². The number of nitrogens with one attached hydrogen (secondary N) is 2. The number of carbonyl (C=O) groups excluding carboxylic acids is 1. The fourth-order valence-electron chi connectivity index (χ4n) is 3.32. The van der Waals surface area contributed by atoms with E-state index in [2.05, 4.69) is 30.6 Å². The van der Waals surface area contributed by atoms with Crippen molar-refractivity contribution in [3.8, 4) is 16.9 Å². The van der Waals surface area contributed by atoms with E-state index in [0.717, 1.165) is 30.7 Å². The normalized spacial score (nSPS) is 16.0. The molecule has 0 atom stereocenters. The maximum absolute atomic E-state index is 14.1. The van der Waals surface area contributed by atoms with E-state index in [1.807, 2.05) is 0 Å². The van der Waals surface area contributed by atoms with Crippen molar-refractivity contribution in [2.75, 3.05) is 10.6 Å². The molecule has 0 fully saturated rings. The highest BCUT2D eigenvalue weighted by atomic mass is 19.4. The van der Waals surface area contributed by atoms with Gasteiger partial charge in [0.05, 0.1) is 30.1 Å². The van der Waals surface area contributed by atoms with E-state index < -0.39 is 72.7 Å². The number of nitrogens with zero attached hydrogens (tertiary/aromatic N) is 5. The lowest BCUT2D eigenvalue weighted by Gasteiger charge is -2.14. The van der Waals surface area contributed by atoms with Crippen LogP contribution in [0.25, 0.3) is 16.9 Å². The van der Waals surface area contributed by atoms with Gasteiger partial charge >= 0.3 is 6.18 Å². The van der Waals surface area contributed by atoms with Gasteiger partial charge in [0, 0.05) is 61.2 Å². The first kappa shape index (κ1) is 15.4. The highest BCUT2D eigenvalue weighted by Gasteiger charge is 2.31. The van der Waals surface area contributed by atoms with Crippen molar-refractivity contribution in [3.05, 3.63) is 108 Å². The van der Waals surface area contributed by atoms with Crippen LogP contribution in [0.1, 0.15) is 42.3 Å². The summed E-state index contributed by atoms with van der Waals surface area (Å²) in [6.07, 6.45) is -1.41. The van der Waals surface area contributed by atoms with Crippen LogP contribution in [0.15, 0.2) is 85.6 Å². The Balaban J connectivity index is 1.59. The number of amides is 1. The number of aromatic nitrogens is 5. The Labute approximate surface area is 237 Å². The van der Waals surface area contributed by atoms with E-state index in [9.17, 15) is 18.0 Å². The largest absolute Gasteiger partial charge is 0.416 e. The zero-order valence-electron chi connectivity index (χ0n) is 30.5. The van der Waals surface area contributed by atoms with Crippen molar-refractivity contribution in [2.24, 2.45) is 0 Å². The van der Waals surface area contributed by atoms with Gasteiger partial charge < -0.3 is 15.2 Å². The van der Waals surface area contributed by atoms with Crippen molar-refractivity contribution >= 4 is 23.2 Å². The number of benzene rings is 2. The van der Waals surface area contributed by atoms with Crippen LogP contribution >= 0.6 is 0 Å². The van der Waals surface area contributed by atoms with Crippen LogP contribution in [0.2, 0.25) is 0 Å². The lowest BCUT2D eigenvalue weighted by atomic mass is 10.1. The van der Waals surface area contributed by atoms with Crippen LogP contribution in [0.3, 0.4) is 0 Å². The fraction of sp³-hybridized carbons (Fsp3) is 0.107. The quantitative estimate of drug-likeness (QED) is 0.260. The predicted octanol–water partition coefficient (Wildman–Crippen LogP) is 6.36. The molecule has 0 radical (unpaired) electrons. The van der Waals surface area contributed by atoms with Crippen molar-refractivity contribution in [1.29, 1.82) is 0 Å². The number of anilines is 3. The Morgan fingerprint density at radius 2 is 2.03 bits per heavy atom. The molecule has 2 aromatic carbocycles. The Bertz CT molecular complexity index is 2120. The molecule has 11 heteroatoms. The number of rotatable bonds is 6. The second-order valence-electron chi connectivity index (χ2n) is 7.85. The lowest BCUT2D eigenvalue weighted by molar-refractivity contribution is -0.137. The molecular weight excluding hydrogens is 507 g/mol. The molecule has 0 unspecified atom stereocenters. The van der Waals surface area contributed by atoms with Gasteiger partial charge in [-0.3, -0.25) is 9.78 Å². The molecule has 1 amide bonds. The molecule has 39 heavy (non-hydrogen) atoms. The Morgan fingerprint density at radius 3 is 2.77 bits per heavy atom. The van der Waals surface area contributed by atoms with Gasteiger partial charge in [-0.1, -0.05) is 6.07 Å². The molecule has 2 N–H and O–H groups in total. The number of aryl methyl sites for hydroxylation is 2. The van der Waals surface area contributed by atoms with Crippen molar-refractivity contribution in [3.63, 3.8) is 0 Å². The topological polar surface area (TPSA) is 97.6 Å². The van der Waals surface area contributed by atoms with Gasteiger partial charge in [0.2, 0.25) is 5.95 Å². The Morgan fingerprint density at radius 1 is 1.13 bits per heavy atom. The second-order valence-corrected chi connectivity index (χ2v) is 7.85. The summed E-state index contributed by atoms with van der Waals surface area (Å²) < 4.78 is 131. The van der Waals surface area contributed by atoms with Gasteiger partial charge in [-0.2, -0.15) is 13.2 Å². The molecule has 5 rings (SSSR count). The summed E-state index contributed by atoms with van der Waals surface area (Å²) >= 11 is 0. The van der Waals surface area contributed by atoms with E-state index in [-0.39, 0.29) is 34.5 Å². The average Bonchev–Trinajstić information content (AvgIpc) is 3.51. The number of hydrogen-bond acceptors (Lipinski definition) is 6. The summed E-state index contributed by atoms with van der Waals surface area (Å²) in [4.78, 5) is 29.2. The first-order valence-corrected chi connectivity index (χ1v) is 10.9. The zero-order chi connectivity index (χ0) is 36.9. The monoisotopic (exact) mass is 540 g/mol. The molecule has 0 spiro atoms. The maximum atomic E-state index is 14.1. The lowest BCUT2D eigenvalue weighted by Crippen LogP contribution is -2.14. The Kier molecular flexibility index (Phi) is 4.09. The molecule has 5 aromatic rings. The SMILES string of the molecule is [2H]c1nc(Nc2cc(C(=O)Nc3c([2H])c(-n4cnc(C([2H])([2H])[2H])c4)c([2H])c(C(F)(F)F)c3[2H])ccc2C([2H])([2H])[2H])nc(-c2cccnc2)c1[2H]. The highest BCUT2D eigenvalue weighted by molar-refractivity contribution is 6.05. The minimum Gasteiger partial charge on any atom is -0.324 e. The van der Waals surface area contributed by atoms with E-state index >= 15 is 0 Å². The van der Waals surface area contributed by atoms with Gasteiger partial charge in [-0.15, -0.1) is 0 Å². The molecule has 0 aliphatic carbocycles. The van der Waals surface area contributed by atoms with E-state index in [1.165, 1.54) is 12.4 Å². The second kappa shape index (κ2) is 10.4. The third kappa shape index (κ3) is 5.93. The molecule has 0 bridgehead atoms. The van der Waals surface area contributed by atoms with Crippen LogP contribution in [-0.4, -0.2) is 30.4 Å². The number of halogens is 3. The van der Waals surface area contributed by atoms with E-state index in [0.29, 0.717) is 10.1 Å². The maximum Gasteiger partial charge on any atom is 0.416 e. The number of alkyl halides is 3. The summed E-state index contributed by atoms with van der Waals surface area (Å²) in [6, 6.07) is 2.13. The van der Waals surface area contributed by atoms with Crippen molar-refractivity contribution in [2.45, 2.75) is 19.9 Å². The molecule has 3 aromatic heterocycles. The third-order valence-electron chi connectivity index (χ3n) is 5.12. The molecular formula is C28H22F3N7O. The summed E-state index contributed by atoms with van der Waals surface area (Å²) in [5, 5.41) is 4.71. The molecule has 0 aliphatic rings. The highest BCUT2D eigenvalue weighted by Crippen LogP contribution is 2.33. The smallest absolute Gasteiger partial charge is 0.324 e. The van der Waals surface area contributed by atoms with E-state index in [4.69, 9.17) is 15.1 Å². The van der Waals surface area contributed by atoms with Gasteiger partial charge in [0.15, 0.2) is 0 Å². The summed E-state index contributed by atoms with van der Waals surface area (Å²) in [5.74, 6) is -1.53. The molecule has 0 saturated heterocycles. The minimum absolute atomic E-state index is 0.0196. The molecule has 8 nitrogen and oxygen atoms in total. The Hall–Kier alpha value is -5.06. The standard InChI is InChI=1S/C28H22F3N7O/c1-17-5-6-19(10-25(17)37-27-33-9-7-24(36-27)20-4-3-8-32-14-20)26(39)35-22-11-21(28(29,30)31)12-23(13-22)38-15-18(2)34-16-38/h3-16H,1-2H3,(H,35,39)(H,33,36,37)/i1D3,2D3,7D,9D,11D,12D,13D. The van der Waals surface area contributed by atoms with Crippen LogP contribution in [0.4, 0.5) is 30.5 Å². The average molecular weight is 541 g/mol. The first-order chi connectivity index (χ1) is 23.2. The number of pyridine rings is 1. The van der Waals surface area contributed by atoms with Gasteiger partial charge in [-0.25, -0.2) is 15.0 Å². The van der Waals surface area contributed by atoms with Crippen molar-refractivity contribution in [1.82, 2.24) is 24.5 Å². The fourth-order valence-corrected chi connectivity index (χ4v) is 3.32. The first-order valence-electron chi connectivity index (χ1n) is 16.4. The van der Waals surface area contributed by atoms with Crippen molar-refractivity contribution < 1.29 is 33.0 Å². The van der Waals surface area contributed by atoms with Crippen LogP contribution in [0.5, 0.6) is 0 Å². The zero-order valence-corrected chi connectivity index (χ0v) is 19.5. The van der Waals surface area contributed by atoms with Crippen LogP contribution < -0.4 is 10.6 Å². The third-order valence-corrected chi connectivity index (χ3v) is 5.12. The number of imidazole rings is 1. The predicted molar refractivity (Wildman–Crippen MR) is 141 cm³/mol. The summed E-state index contributed by atoms with van der Waals surface area (Å²) in [6.45, 7) is -5.57. The van der Waals surface area contributed by atoms with Crippen LogP contribution in [-0.2, 0) is 6.18 Å². The number of carbonyl (C=O) groups is 1. The van der Waals surface area contributed by atoms with Gasteiger partial charge in [0.25, 0.3) is 5.91 Å². The summed E-state index contributed by atoms with van der Waals surface area (Å²) in [7, 11) is 0. The minimum atomic E-state index is -5.32. The molecule has 0 saturated carbocycles. The van der Waals surface area contributed by atoms with E-state index in [1.54, 1.807) is 12.1 Å². The molecule has 3 heterocycles. The summed E-state index contributed by atoms with van der Waals surface area (Å²) in [5.41, 5.74) is -4.85. The molecule has 196 valence electrons. The van der Waals surface area contributed by atoms with Crippen LogP contribution in [0, 0.1) is 13.7 Å². The van der Waals surface area contributed by atoms with Gasteiger partial charge in [-0.05, 0) is 67.7 Å². The number of hydrogen-bond donors (Lipinski definition) is 2. The molecule has 0 aliphatic heterocycles.